The third kappa shape index (κ3) is 4.01. The fraction of sp³-hybridized carbons (Fsp3) is 0.538. The van der Waals surface area contributed by atoms with Crippen molar-refractivity contribution in [2.45, 2.75) is 31.4 Å². The first-order chi connectivity index (χ1) is 8.98. The van der Waals surface area contributed by atoms with E-state index in [2.05, 4.69) is 30.4 Å². The van der Waals surface area contributed by atoms with Gasteiger partial charge < -0.3 is 11.1 Å². The van der Waals surface area contributed by atoms with E-state index >= 15 is 0 Å². The van der Waals surface area contributed by atoms with E-state index in [1.54, 1.807) is 11.8 Å². The Kier molecular flexibility index (Phi) is 5.94. The number of nitrogen functional groups attached to an aromatic ring is 1. The number of hydrogen-bond donors (Lipinski definition) is 2. The van der Waals surface area contributed by atoms with Crippen LogP contribution in [0, 0.1) is 0 Å². The van der Waals surface area contributed by atoms with Crippen molar-refractivity contribution in [3.63, 3.8) is 0 Å². The second kappa shape index (κ2) is 7.01. The standard InChI is InChI=1S/C13H20ClN3OS/c1-4-13(5-2,19-3)8-17-12(18)9-6-10(14)11(15)16-7-9/h6-7H,4-5,8H2,1-3H3,(H2,15,16)(H,17,18). The highest BCUT2D eigenvalue weighted by molar-refractivity contribution is 8.00. The molecular formula is C13H20ClN3OS. The van der Waals surface area contributed by atoms with Crippen molar-refractivity contribution >= 4 is 35.1 Å². The van der Waals surface area contributed by atoms with Crippen molar-refractivity contribution in [3.8, 4) is 0 Å². The number of carbonyl (C=O) groups excluding carboxylic acids is 1. The summed E-state index contributed by atoms with van der Waals surface area (Å²) in [5.41, 5.74) is 5.95. The molecule has 0 fully saturated rings. The minimum Gasteiger partial charge on any atom is -0.382 e. The molecule has 19 heavy (non-hydrogen) atoms. The van der Waals surface area contributed by atoms with Crippen molar-refractivity contribution < 1.29 is 4.79 Å². The van der Waals surface area contributed by atoms with E-state index in [1.165, 1.54) is 12.3 Å². The molecule has 1 aromatic heterocycles. The Balaban J connectivity index is 2.72. The number of hydrogen-bond acceptors (Lipinski definition) is 4. The van der Waals surface area contributed by atoms with Gasteiger partial charge in [-0.3, -0.25) is 4.79 Å². The number of aromatic nitrogens is 1. The molecule has 0 aliphatic heterocycles. The zero-order valence-corrected chi connectivity index (χ0v) is 13.1. The van der Waals surface area contributed by atoms with E-state index in [4.69, 9.17) is 17.3 Å². The van der Waals surface area contributed by atoms with E-state index in [9.17, 15) is 4.79 Å². The number of nitrogens with two attached hydrogens (primary N) is 1. The van der Waals surface area contributed by atoms with Crippen LogP contribution in [-0.2, 0) is 0 Å². The molecule has 0 aliphatic rings. The molecule has 0 unspecified atom stereocenters. The molecule has 0 saturated carbocycles. The maximum absolute atomic E-state index is 12.0. The lowest BCUT2D eigenvalue weighted by atomic mass is 10.0. The van der Waals surface area contributed by atoms with Crippen LogP contribution in [-0.4, -0.2) is 28.4 Å². The Morgan fingerprint density at radius 1 is 1.53 bits per heavy atom. The monoisotopic (exact) mass is 301 g/mol. The molecule has 6 heteroatoms. The van der Waals surface area contributed by atoms with Crippen molar-refractivity contribution in [3.05, 3.63) is 22.8 Å². The summed E-state index contributed by atoms with van der Waals surface area (Å²) in [4.78, 5) is 15.9. The number of nitrogens with one attached hydrogen (secondary N) is 1. The summed E-state index contributed by atoms with van der Waals surface area (Å²) < 4.78 is 0.0840. The first-order valence-corrected chi connectivity index (χ1v) is 7.82. The van der Waals surface area contributed by atoms with Gasteiger partial charge in [-0.05, 0) is 25.2 Å². The molecule has 106 valence electrons. The van der Waals surface area contributed by atoms with Crippen LogP contribution in [0.15, 0.2) is 12.3 Å². The van der Waals surface area contributed by atoms with Gasteiger partial charge in [-0.25, -0.2) is 4.98 Å². The molecule has 0 saturated heterocycles. The smallest absolute Gasteiger partial charge is 0.252 e. The van der Waals surface area contributed by atoms with Gasteiger partial charge in [0, 0.05) is 17.5 Å². The molecule has 0 aromatic carbocycles. The molecule has 1 aromatic rings. The normalized spacial score (nSPS) is 11.4. The highest BCUT2D eigenvalue weighted by Crippen LogP contribution is 2.29. The largest absolute Gasteiger partial charge is 0.382 e. The topological polar surface area (TPSA) is 68.0 Å². The van der Waals surface area contributed by atoms with E-state index < -0.39 is 0 Å². The zero-order valence-electron chi connectivity index (χ0n) is 11.5. The van der Waals surface area contributed by atoms with Crippen LogP contribution in [0.2, 0.25) is 5.02 Å². The van der Waals surface area contributed by atoms with Gasteiger partial charge in [0.15, 0.2) is 0 Å². The summed E-state index contributed by atoms with van der Waals surface area (Å²) in [5.74, 6) is 0.0634. The molecule has 3 N–H and O–H groups in total. The first-order valence-electron chi connectivity index (χ1n) is 6.22. The van der Waals surface area contributed by atoms with Gasteiger partial charge in [-0.1, -0.05) is 25.4 Å². The number of amides is 1. The Labute approximate surface area is 123 Å². The number of carbonyl (C=O) groups is 1. The maximum Gasteiger partial charge on any atom is 0.252 e. The number of nitrogens with zero attached hydrogens (tertiary/aromatic N) is 1. The van der Waals surface area contributed by atoms with Crippen LogP contribution in [0.1, 0.15) is 37.0 Å². The van der Waals surface area contributed by atoms with Crippen molar-refractivity contribution in [2.24, 2.45) is 0 Å². The Morgan fingerprint density at radius 3 is 2.63 bits per heavy atom. The highest BCUT2D eigenvalue weighted by Gasteiger charge is 2.25. The maximum atomic E-state index is 12.0. The molecule has 1 rings (SSSR count). The van der Waals surface area contributed by atoms with Crippen molar-refractivity contribution in [2.75, 3.05) is 18.5 Å². The number of halogens is 1. The molecular weight excluding hydrogens is 282 g/mol. The minimum atomic E-state index is -0.172. The van der Waals surface area contributed by atoms with Gasteiger partial charge in [0.05, 0.1) is 10.6 Å². The van der Waals surface area contributed by atoms with Crippen LogP contribution in [0.4, 0.5) is 5.82 Å². The number of pyridine rings is 1. The third-order valence-corrected chi connectivity index (χ3v) is 5.32. The van der Waals surface area contributed by atoms with Crippen LogP contribution >= 0.6 is 23.4 Å². The van der Waals surface area contributed by atoms with Crippen LogP contribution in [0.3, 0.4) is 0 Å². The van der Waals surface area contributed by atoms with Gasteiger partial charge in [0.2, 0.25) is 0 Å². The predicted octanol–water partition coefficient (Wildman–Crippen LogP) is 2.97. The van der Waals surface area contributed by atoms with E-state index in [0.717, 1.165) is 12.8 Å². The van der Waals surface area contributed by atoms with Gasteiger partial charge in [-0.15, -0.1) is 0 Å². The van der Waals surface area contributed by atoms with Crippen LogP contribution < -0.4 is 11.1 Å². The average molecular weight is 302 g/mol. The van der Waals surface area contributed by atoms with Gasteiger partial charge >= 0.3 is 0 Å². The summed E-state index contributed by atoms with van der Waals surface area (Å²) in [6.07, 6.45) is 5.52. The molecule has 1 amide bonds. The van der Waals surface area contributed by atoms with Crippen LogP contribution in [0.5, 0.6) is 0 Å². The summed E-state index contributed by atoms with van der Waals surface area (Å²) in [7, 11) is 0. The summed E-state index contributed by atoms with van der Waals surface area (Å²) >= 11 is 7.64. The molecule has 4 nitrogen and oxygen atoms in total. The highest BCUT2D eigenvalue weighted by atomic mass is 35.5. The molecule has 0 spiro atoms. The predicted molar refractivity (Wildman–Crippen MR) is 82.8 cm³/mol. The molecule has 0 radical (unpaired) electrons. The van der Waals surface area contributed by atoms with Gasteiger partial charge in [0.25, 0.3) is 5.91 Å². The summed E-state index contributed by atoms with van der Waals surface area (Å²) in [6, 6.07) is 1.54. The average Bonchev–Trinajstić information content (AvgIpc) is 2.43. The molecule has 1 heterocycles. The van der Waals surface area contributed by atoms with E-state index in [1.807, 2.05) is 0 Å². The summed E-state index contributed by atoms with van der Waals surface area (Å²) in [6.45, 7) is 4.89. The lowest BCUT2D eigenvalue weighted by molar-refractivity contribution is 0.0948. The van der Waals surface area contributed by atoms with Crippen molar-refractivity contribution in [1.29, 1.82) is 0 Å². The van der Waals surface area contributed by atoms with Crippen molar-refractivity contribution in [1.82, 2.24) is 10.3 Å². The molecule has 0 aliphatic carbocycles. The Morgan fingerprint density at radius 2 is 2.16 bits per heavy atom. The van der Waals surface area contributed by atoms with Gasteiger partial charge in [-0.2, -0.15) is 11.8 Å². The van der Waals surface area contributed by atoms with E-state index in [0.29, 0.717) is 17.1 Å². The van der Waals surface area contributed by atoms with Crippen LogP contribution in [0.25, 0.3) is 0 Å². The fourth-order valence-corrected chi connectivity index (χ4v) is 2.74. The fourth-order valence-electron chi connectivity index (χ4n) is 1.78. The number of thioether (sulfide) groups is 1. The Bertz CT molecular complexity index is 441. The quantitative estimate of drug-likeness (QED) is 0.847. The van der Waals surface area contributed by atoms with Gasteiger partial charge in [0.1, 0.15) is 5.82 Å². The second-order valence-corrected chi connectivity index (χ2v) is 6.05. The first kappa shape index (κ1) is 16.1. The molecule has 0 bridgehead atoms. The summed E-state index contributed by atoms with van der Waals surface area (Å²) in [5, 5.41) is 3.24. The van der Waals surface area contributed by atoms with E-state index in [-0.39, 0.29) is 16.5 Å². The Hall–Kier alpha value is -0.940. The SMILES string of the molecule is CCC(CC)(CNC(=O)c1cnc(N)c(Cl)c1)SC. The third-order valence-electron chi connectivity index (χ3n) is 3.42. The molecule has 0 atom stereocenters. The number of anilines is 1. The lowest BCUT2D eigenvalue weighted by Crippen LogP contribution is -2.39. The zero-order chi connectivity index (χ0) is 14.5. The lowest BCUT2D eigenvalue weighted by Gasteiger charge is -2.29. The second-order valence-electron chi connectivity index (χ2n) is 4.37. The minimum absolute atomic E-state index is 0.0840. The number of rotatable bonds is 6.